The van der Waals surface area contributed by atoms with Crippen molar-refractivity contribution < 1.29 is 14.4 Å². The van der Waals surface area contributed by atoms with Gasteiger partial charge in [-0.25, -0.2) is 4.79 Å². The van der Waals surface area contributed by atoms with E-state index in [1.165, 1.54) is 25.7 Å². The molecule has 144 valence electrons. The third-order valence-electron chi connectivity index (χ3n) is 7.50. The van der Waals surface area contributed by atoms with E-state index in [-0.39, 0.29) is 24.4 Å². The summed E-state index contributed by atoms with van der Waals surface area (Å²) >= 11 is 0. The molecule has 2 N–H and O–H groups in total. The summed E-state index contributed by atoms with van der Waals surface area (Å²) in [6, 6.07) is -0.296. The first-order valence-electron chi connectivity index (χ1n) is 10.3. The van der Waals surface area contributed by atoms with E-state index in [0.717, 1.165) is 29.6 Å². The number of nitrogens with zero attached hydrogens (tertiary/aromatic N) is 1. The fourth-order valence-electron chi connectivity index (χ4n) is 5.87. The largest absolute Gasteiger partial charge is 0.352 e. The van der Waals surface area contributed by atoms with Gasteiger partial charge in [0.2, 0.25) is 5.91 Å². The fourth-order valence-corrected chi connectivity index (χ4v) is 5.87. The Balaban J connectivity index is 1.34. The molecule has 0 radical (unpaired) electrons. The fraction of sp³-hybridized carbons (Fsp3) is 0.850. The van der Waals surface area contributed by atoms with E-state index in [4.69, 9.17) is 0 Å². The van der Waals surface area contributed by atoms with Gasteiger partial charge < -0.3 is 10.6 Å². The van der Waals surface area contributed by atoms with Gasteiger partial charge in [-0.05, 0) is 75.5 Å². The molecule has 4 fully saturated rings. The molecule has 0 unspecified atom stereocenters. The SMILES string of the molecule is CC1CCC2(CC1)NC(=O)N(CC(=O)N[C@H](C)[C@@H]1C[C@H]3CC[C@H]1C3)C2=O. The van der Waals surface area contributed by atoms with Crippen LogP contribution < -0.4 is 10.6 Å². The monoisotopic (exact) mass is 361 g/mol. The van der Waals surface area contributed by atoms with Gasteiger partial charge in [0.1, 0.15) is 12.1 Å². The maximum Gasteiger partial charge on any atom is 0.325 e. The maximum absolute atomic E-state index is 12.8. The van der Waals surface area contributed by atoms with Crippen LogP contribution in [0, 0.1) is 23.7 Å². The molecular weight excluding hydrogens is 330 g/mol. The summed E-state index contributed by atoms with van der Waals surface area (Å²) in [5, 5.41) is 5.94. The van der Waals surface area contributed by atoms with E-state index >= 15 is 0 Å². The van der Waals surface area contributed by atoms with Gasteiger partial charge in [-0.3, -0.25) is 14.5 Å². The summed E-state index contributed by atoms with van der Waals surface area (Å²) < 4.78 is 0. The summed E-state index contributed by atoms with van der Waals surface area (Å²) in [5.74, 6) is 2.28. The van der Waals surface area contributed by atoms with E-state index in [0.29, 0.717) is 24.7 Å². The number of hydrogen-bond donors (Lipinski definition) is 2. The zero-order valence-electron chi connectivity index (χ0n) is 15.9. The number of nitrogens with one attached hydrogen (secondary N) is 2. The minimum absolute atomic E-state index is 0.114. The lowest BCUT2D eigenvalue weighted by molar-refractivity contribution is -0.136. The predicted octanol–water partition coefficient (Wildman–Crippen LogP) is 2.43. The smallest absolute Gasteiger partial charge is 0.325 e. The number of amides is 4. The van der Waals surface area contributed by atoms with Crippen LogP contribution in [0.25, 0.3) is 0 Å². The van der Waals surface area contributed by atoms with Gasteiger partial charge in [0, 0.05) is 6.04 Å². The van der Waals surface area contributed by atoms with E-state index in [1.807, 2.05) is 0 Å². The van der Waals surface area contributed by atoms with Crippen LogP contribution in [-0.2, 0) is 9.59 Å². The summed E-state index contributed by atoms with van der Waals surface area (Å²) in [6.45, 7) is 4.09. The Labute approximate surface area is 155 Å². The number of rotatable bonds is 4. The first-order chi connectivity index (χ1) is 12.4. The molecule has 3 saturated carbocycles. The molecule has 0 aromatic rings. The molecule has 4 atom stereocenters. The number of carbonyl (C=O) groups is 3. The van der Waals surface area contributed by atoms with Crippen molar-refractivity contribution in [2.45, 2.75) is 76.8 Å². The molecule has 1 saturated heterocycles. The summed E-state index contributed by atoms with van der Waals surface area (Å²) in [4.78, 5) is 38.8. The summed E-state index contributed by atoms with van der Waals surface area (Å²) in [6.07, 6.45) is 8.36. The van der Waals surface area contributed by atoms with Crippen LogP contribution >= 0.6 is 0 Å². The molecule has 6 heteroatoms. The molecule has 4 aliphatic rings. The Kier molecular flexibility index (Phi) is 4.48. The van der Waals surface area contributed by atoms with Crippen LogP contribution in [0.5, 0.6) is 0 Å². The van der Waals surface area contributed by atoms with Gasteiger partial charge in [-0.2, -0.15) is 0 Å². The Morgan fingerprint density at radius 1 is 1.23 bits per heavy atom. The second-order valence-corrected chi connectivity index (χ2v) is 9.28. The molecular formula is C20H31N3O3. The normalized spacial score (nSPS) is 40.2. The molecule has 4 amide bonds. The zero-order valence-corrected chi connectivity index (χ0v) is 15.9. The lowest BCUT2D eigenvalue weighted by Gasteiger charge is -2.33. The van der Waals surface area contributed by atoms with Crippen LogP contribution in [0.1, 0.15) is 65.2 Å². The predicted molar refractivity (Wildman–Crippen MR) is 97.2 cm³/mol. The molecule has 6 nitrogen and oxygen atoms in total. The molecule has 2 bridgehead atoms. The molecule has 0 aromatic heterocycles. The van der Waals surface area contributed by atoms with Crippen molar-refractivity contribution >= 4 is 17.8 Å². The van der Waals surface area contributed by atoms with E-state index in [2.05, 4.69) is 24.5 Å². The van der Waals surface area contributed by atoms with Crippen LogP contribution in [-0.4, -0.2) is 40.9 Å². The standard InChI is InChI=1S/C20H31N3O3/c1-12-5-7-20(8-6-12)18(25)23(19(26)22-20)11-17(24)21-13(2)16-10-14-3-4-15(16)9-14/h12-16H,3-11H2,1-2H3,(H,21,24)(H,22,26)/t12?,13-,14+,15+,16+,20?/m1/s1. The van der Waals surface area contributed by atoms with Crippen LogP contribution in [0.4, 0.5) is 4.79 Å². The lowest BCUT2D eigenvalue weighted by Crippen LogP contribution is -2.50. The molecule has 1 spiro atoms. The summed E-state index contributed by atoms with van der Waals surface area (Å²) in [7, 11) is 0. The van der Waals surface area contributed by atoms with E-state index in [1.54, 1.807) is 0 Å². The molecule has 26 heavy (non-hydrogen) atoms. The minimum atomic E-state index is -0.764. The minimum Gasteiger partial charge on any atom is -0.352 e. The number of hydrogen-bond acceptors (Lipinski definition) is 3. The van der Waals surface area contributed by atoms with Gasteiger partial charge in [0.15, 0.2) is 0 Å². The first kappa shape index (κ1) is 17.8. The Morgan fingerprint density at radius 3 is 2.58 bits per heavy atom. The average Bonchev–Trinajstić information content (AvgIpc) is 3.29. The van der Waals surface area contributed by atoms with Crippen molar-refractivity contribution in [1.29, 1.82) is 0 Å². The molecule has 1 heterocycles. The van der Waals surface area contributed by atoms with Crippen molar-refractivity contribution in [1.82, 2.24) is 15.5 Å². The highest BCUT2D eigenvalue weighted by Gasteiger charge is 2.52. The molecule has 4 rings (SSSR count). The van der Waals surface area contributed by atoms with Crippen molar-refractivity contribution in [3.8, 4) is 0 Å². The third-order valence-corrected chi connectivity index (χ3v) is 7.50. The molecule has 1 aliphatic heterocycles. The average molecular weight is 361 g/mol. The number of imide groups is 1. The van der Waals surface area contributed by atoms with Gasteiger partial charge >= 0.3 is 6.03 Å². The molecule has 3 aliphatic carbocycles. The highest BCUT2D eigenvalue weighted by molar-refractivity contribution is 6.09. The van der Waals surface area contributed by atoms with Crippen molar-refractivity contribution in [2.75, 3.05) is 6.54 Å². The van der Waals surface area contributed by atoms with Gasteiger partial charge in [0.05, 0.1) is 0 Å². The summed E-state index contributed by atoms with van der Waals surface area (Å²) in [5.41, 5.74) is -0.764. The topological polar surface area (TPSA) is 78.5 Å². The maximum atomic E-state index is 12.8. The zero-order chi connectivity index (χ0) is 18.5. The van der Waals surface area contributed by atoms with Crippen molar-refractivity contribution in [2.24, 2.45) is 23.7 Å². The van der Waals surface area contributed by atoms with Crippen LogP contribution in [0.2, 0.25) is 0 Å². The Bertz CT molecular complexity index is 611. The van der Waals surface area contributed by atoms with Crippen LogP contribution in [0.15, 0.2) is 0 Å². The van der Waals surface area contributed by atoms with Gasteiger partial charge in [-0.15, -0.1) is 0 Å². The van der Waals surface area contributed by atoms with Gasteiger partial charge in [0.25, 0.3) is 5.91 Å². The molecule has 0 aromatic carbocycles. The van der Waals surface area contributed by atoms with Gasteiger partial charge in [-0.1, -0.05) is 13.3 Å². The highest BCUT2D eigenvalue weighted by Crippen LogP contribution is 2.49. The van der Waals surface area contributed by atoms with E-state index in [9.17, 15) is 14.4 Å². The van der Waals surface area contributed by atoms with Crippen molar-refractivity contribution in [3.05, 3.63) is 0 Å². The van der Waals surface area contributed by atoms with Crippen molar-refractivity contribution in [3.63, 3.8) is 0 Å². The highest BCUT2D eigenvalue weighted by atomic mass is 16.2. The second kappa shape index (κ2) is 6.54. The Hall–Kier alpha value is -1.59. The number of carbonyl (C=O) groups excluding carboxylic acids is 3. The number of fused-ring (bicyclic) bond motifs is 2. The Morgan fingerprint density at radius 2 is 1.96 bits per heavy atom. The second-order valence-electron chi connectivity index (χ2n) is 9.28. The van der Waals surface area contributed by atoms with E-state index < -0.39 is 11.6 Å². The first-order valence-corrected chi connectivity index (χ1v) is 10.3. The third kappa shape index (κ3) is 3.01. The lowest BCUT2D eigenvalue weighted by atomic mass is 9.77. The quantitative estimate of drug-likeness (QED) is 0.755. The van der Waals surface area contributed by atoms with Crippen LogP contribution in [0.3, 0.4) is 0 Å². The number of urea groups is 1.